The first-order valence-electron chi connectivity index (χ1n) is 7.38. The van der Waals surface area contributed by atoms with Gasteiger partial charge < -0.3 is 15.2 Å². The quantitative estimate of drug-likeness (QED) is 0.815. The highest BCUT2D eigenvalue weighted by Crippen LogP contribution is 2.26. The minimum atomic E-state index is -0.596. The highest BCUT2D eigenvalue weighted by molar-refractivity contribution is 5.29. The molecule has 20 heavy (non-hydrogen) atoms. The molecule has 0 aromatic heterocycles. The van der Waals surface area contributed by atoms with E-state index in [-0.39, 0.29) is 11.6 Å². The lowest BCUT2D eigenvalue weighted by atomic mass is 9.94. The third kappa shape index (κ3) is 4.18. The molecule has 0 spiro atoms. The lowest BCUT2D eigenvalue weighted by molar-refractivity contribution is 0.0250. The van der Waals surface area contributed by atoms with Crippen molar-refractivity contribution in [1.29, 1.82) is 0 Å². The molecule has 1 saturated carbocycles. The zero-order valence-corrected chi connectivity index (χ0v) is 12.1. The topological polar surface area (TPSA) is 41.5 Å². The molecule has 4 heteroatoms. The molecule has 0 unspecified atom stereocenters. The monoisotopic (exact) mass is 281 g/mol. The molecule has 0 atom stereocenters. The van der Waals surface area contributed by atoms with Crippen molar-refractivity contribution in [2.75, 3.05) is 13.7 Å². The molecule has 3 nitrogen and oxygen atoms in total. The molecular formula is C16H24FNO2. The van der Waals surface area contributed by atoms with Crippen molar-refractivity contribution in [3.8, 4) is 5.75 Å². The van der Waals surface area contributed by atoms with Crippen LogP contribution in [0.25, 0.3) is 0 Å². The molecule has 0 amide bonds. The fourth-order valence-electron chi connectivity index (χ4n) is 2.82. The molecule has 0 radical (unpaired) electrons. The molecular weight excluding hydrogens is 257 g/mol. The summed E-state index contributed by atoms with van der Waals surface area (Å²) in [4.78, 5) is 0. The van der Waals surface area contributed by atoms with Crippen LogP contribution in [0.3, 0.4) is 0 Å². The van der Waals surface area contributed by atoms with E-state index in [4.69, 9.17) is 4.74 Å². The molecule has 1 aliphatic carbocycles. The maximum atomic E-state index is 13.6. The predicted molar refractivity (Wildman–Crippen MR) is 77.3 cm³/mol. The summed E-state index contributed by atoms with van der Waals surface area (Å²) in [6, 6.07) is 4.95. The van der Waals surface area contributed by atoms with E-state index in [0.717, 1.165) is 31.2 Å². The van der Waals surface area contributed by atoms with Crippen LogP contribution < -0.4 is 10.1 Å². The van der Waals surface area contributed by atoms with Gasteiger partial charge in [0.25, 0.3) is 0 Å². The van der Waals surface area contributed by atoms with Crippen LogP contribution in [-0.4, -0.2) is 24.4 Å². The number of halogens is 1. The smallest absolute Gasteiger partial charge is 0.165 e. The second-order valence-electron chi connectivity index (χ2n) is 5.71. The molecule has 0 aliphatic heterocycles. The van der Waals surface area contributed by atoms with Crippen molar-refractivity contribution in [2.45, 2.75) is 50.7 Å². The maximum Gasteiger partial charge on any atom is 0.165 e. The largest absolute Gasteiger partial charge is 0.494 e. The second-order valence-corrected chi connectivity index (χ2v) is 5.71. The van der Waals surface area contributed by atoms with Crippen molar-refractivity contribution in [3.05, 3.63) is 29.6 Å². The Balaban J connectivity index is 1.84. The summed E-state index contributed by atoms with van der Waals surface area (Å²) in [6.45, 7) is 1.13. The van der Waals surface area contributed by atoms with E-state index in [2.05, 4.69) is 5.32 Å². The number of ether oxygens (including phenoxy) is 1. The minimum absolute atomic E-state index is 0.260. The van der Waals surface area contributed by atoms with Crippen molar-refractivity contribution in [3.63, 3.8) is 0 Å². The third-order valence-electron chi connectivity index (χ3n) is 4.03. The van der Waals surface area contributed by atoms with Crippen LogP contribution in [0, 0.1) is 5.82 Å². The summed E-state index contributed by atoms with van der Waals surface area (Å²) in [5.41, 5.74) is 0.266. The molecule has 0 bridgehead atoms. The van der Waals surface area contributed by atoms with Gasteiger partial charge in [0, 0.05) is 13.1 Å². The Morgan fingerprint density at radius 2 is 1.95 bits per heavy atom. The fraction of sp³-hybridized carbons (Fsp3) is 0.625. The third-order valence-corrected chi connectivity index (χ3v) is 4.03. The minimum Gasteiger partial charge on any atom is -0.494 e. The number of benzene rings is 1. The molecule has 1 aromatic carbocycles. The Labute approximate surface area is 120 Å². The standard InChI is InChI=1S/C16H24FNO2/c1-20-15-7-6-13(10-14(15)17)11-18-12-16(19)8-4-2-3-5-9-16/h6-7,10,18-19H,2-5,8-9,11-12H2,1H3. The average Bonchev–Trinajstić information content (AvgIpc) is 2.64. The molecule has 0 heterocycles. The second kappa shape index (κ2) is 7.04. The molecule has 2 N–H and O–H groups in total. The zero-order valence-electron chi connectivity index (χ0n) is 12.1. The summed E-state index contributed by atoms with van der Waals surface area (Å²) >= 11 is 0. The van der Waals surface area contributed by atoms with E-state index in [1.54, 1.807) is 6.07 Å². The van der Waals surface area contributed by atoms with E-state index in [0.29, 0.717) is 13.1 Å². The van der Waals surface area contributed by atoms with Gasteiger partial charge in [0.2, 0.25) is 0 Å². The number of rotatable bonds is 5. The van der Waals surface area contributed by atoms with Crippen molar-refractivity contribution in [1.82, 2.24) is 5.32 Å². The summed E-state index contributed by atoms with van der Waals surface area (Å²) in [7, 11) is 1.46. The number of hydrogen-bond acceptors (Lipinski definition) is 3. The van der Waals surface area contributed by atoms with E-state index in [1.165, 1.54) is 26.0 Å². The van der Waals surface area contributed by atoms with Gasteiger partial charge in [0.1, 0.15) is 0 Å². The summed E-state index contributed by atoms with van der Waals surface area (Å²) in [5, 5.41) is 13.8. The average molecular weight is 281 g/mol. The van der Waals surface area contributed by atoms with Gasteiger partial charge in [-0.15, -0.1) is 0 Å². The summed E-state index contributed by atoms with van der Waals surface area (Å²) in [6.07, 6.45) is 6.33. The number of hydrogen-bond donors (Lipinski definition) is 2. The highest BCUT2D eigenvalue weighted by atomic mass is 19.1. The first kappa shape index (κ1) is 15.3. The Hall–Kier alpha value is -1.13. The first-order valence-corrected chi connectivity index (χ1v) is 7.38. The number of methoxy groups -OCH3 is 1. The number of aliphatic hydroxyl groups is 1. The van der Waals surface area contributed by atoms with Crippen LogP contribution in [0.4, 0.5) is 4.39 Å². The molecule has 1 aromatic rings. The zero-order chi connectivity index (χ0) is 14.4. The maximum absolute atomic E-state index is 13.6. The lowest BCUT2D eigenvalue weighted by Gasteiger charge is -2.27. The molecule has 1 fully saturated rings. The molecule has 0 saturated heterocycles. The van der Waals surface area contributed by atoms with Gasteiger partial charge in [-0.25, -0.2) is 4.39 Å². The Morgan fingerprint density at radius 1 is 1.25 bits per heavy atom. The predicted octanol–water partition coefficient (Wildman–Crippen LogP) is 3.01. The van der Waals surface area contributed by atoms with Crippen LogP contribution in [0.15, 0.2) is 18.2 Å². The van der Waals surface area contributed by atoms with Gasteiger partial charge in [-0.3, -0.25) is 0 Å². The van der Waals surface area contributed by atoms with Crippen LogP contribution >= 0.6 is 0 Å². The van der Waals surface area contributed by atoms with Gasteiger partial charge in [-0.05, 0) is 30.5 Å². The van der Waals surface area contributed by atoms with Gasteiger partial charge in [-0.2, -0.15) is 0 Å². The van der Waals surface area contributed by atoms with E-state index in [1.807, 2.05) is 6.07 Å². The highest BCUT2D eigenvalue weighted by Gasteiger charge is 2.27. The van der Waals surface area contributed by atoms with E-state index in [9.17, 15) is 9.50 Å². The van der Waals surface area contributed by atoms with Crippen molar-refractivity contribution in [2.24, 2.45) is 0 Å². The van der Waals surface area contributed by atoms with Gasteiger partial charge in [0.05, 0.1) is 12.7 Å². The van der Waals surface area contributed by atoms with E-state index >= 15 is 0 Å². The Kier molecular flexibility index (Phi) is 5.38. The summed E-state index contributed by atoms with van der Waals surface area (Å²) < 4.78 is 18.5. The first-order chi connectivity index (χ1) is 9.63. The van der Waals surface area contributed by atoms with Crippen LogP contribution in [0.5, 0.6) is 5.75 Å². The van der Waals surface area contributed by atoms with Gasteiger partial charge >= 0.3 is 0 Å². The van der Waals surface area contributed by atoms with Crippen LogP contribution in [0.1, 0.15) is 44.1 Å². The Morgan fingerprint density at radius 3 is 2.55 bits per heavy atom. The Bertz CT molecular complexity index is 428. The van der Waals surface area contributed by atoms with Crippen molar-refractivity contribution >= 4 is 0 Å². The van der Waals surface area contributed by atoms with Crippen LogP contribution in [-0.2, 0) is 6.54 Å². The van der Waals surface area contributed by atoms with Gasteiger partial charge in [-0.1, -0.05) is 31.7 Å². The molecule has 112 valence electrons. The fourth-order valence-corrected chi connectivity index (χ4v) is 2.82. The van der Waals surface area contributed by atoms with Crippen LogP contribution in [0.2, 0.25) is 0 Å². The number of nitrogens with one attached hydrogen (secondary N) is 1. The summed E-state index contributed by atoms with van der Waals surface area (Å²) in [5.74, 6) is -0.0869. The normalized spacial score (nSPS) is 18.6. The lowest BCUT2D eigenvalue weighted by Crippen LogP contribution is -2.39. The van der Waals surface area contributed by atoms with E-state index < -0.39 is 5.60 Å². The SMILES string of the molecule is COc1ccc(CNCC2(O)CCCCCC2)cc1F. The van der Waals surface area contributed by atoms with Gasteiger partial charge in [0.15, 0.2) is 11.6 Å². The van der Waals surface area contributed by atoms with Crippen molar-refractivity contribution < 1.29 is 14.2 Å². The molecule has 1 aliphatic rings. The molecule has 2 rings (SSSR count).